The van der Waals surface area contributed by atoms with Crippen LogP contribution in [0.3, 0.4) is 0 Å². The van der Waals surface area contributed by atoms with Gasteiger partial charge in [0, 0.05) is 6.42 Å². The van der Waals surface area contributed by atoms with Gasteiger partial charge in [-0.1, -0.05) is 376 Å². The molecule has 3 unspecified atom stereocenters. The lowest BCUT2D eigenvalue weighted by molar-refractivity contribution is -0.870. The van der Waals surface area contributed by atoms with Crippen molar-refractivity contribution >= 4 is 13.7 Å². The maximum atomic E-state index is 13.1. The summed E-state index contributed by atoms with van der Waals surface area (Å²) in [6, 6.07) is -0.803. The lowest BCUT2D eigenvalue weighted by Gasteiger charge is -2.30. The first-order chi connectivity index (χ1) is 43.0. The molecule has 0 rings (SSSR count). The summed E-state index contributed by atoms with van der Waals surface area (Å²) in [5.41, 5.74) is 0. The van der Waals surface area contributed by atoms with Crippen LogP contribution < -0.4 is 10.2 Å². The Morgan fingerprint density at radius 2 is 0.693 bits per heavy atom. The largest absolute Gasteiger partial charge is 0.756 e. The quantitative estimate of drug-likeness (QED) is 0.0272. The molecule has 88 heavy (non-hydrogen) atoms. The molecular weight excluding hydrogens is 1100 g/mol. The van der Waals surface area contributed by atoms with E-state index in [1.807, 2.05) is 21.1 Å². The number of nitrogens with zero attached hydrogens (tertiary/aromatic N) is 1. The maximum absolute atomic E-state index is 13.1. The lowest BCUT2D eigenvalue weighted by atomic mass is 10.0. The zero-order valence-electron chi connectivity index (χ0n) is 59.2. The van der Waals surface area contributed by atoms with Gasteiger partial charge in [0.1, 0.15) is 13.2 Å². The first-order valence-corrected chi connectivity index (χ1v) is 39.7. The van der Waals surface area contributed by atoms with Crippen molar-refractivity contribution in [1.82, 2.24) is 5.32 Å². The van der Waals surface area contributed by atoms with Gasteiger partial charge in [0.05, 0.1) is 39.9 Å². The van der Waals surface area contributed by atoms with E-state index >= 15 is 0 Å². The summed E-state index contributed by atoms with van der Waals surface area (Å²) in [4.78, 5) is 25.7. The zero-order valence-corrected chi connectivity index (χ0v) is 60.1. The van der Waals surface area contributed by atoms with Crippen LogP contribution in [0.4, 0.5) is 0 Å². The Morgan fingerprint density at radius 1 is 0.409 bits per heavy atom. The third-order valence-electron chi connectivity index (χ3n) is 17.5. The molecule has 2 N–H and O–H groups in total. The number of nitrogens with one attached hydrogen (secondary N) is 1. The van der Waals surface area contributed by atoms with Gasteiger partial charge in [-0.15, -0.1) is 0 Å². The molecule has 0 aliphatic carbocycles. The fraction of sp³-hybridized carbons (Fsp3) is 0.835. The number of likely N-dealkylation sites (N-methyl/N-ethyl adjacent to an activating group) is 1. The van der Waals surface area contributed by atoms with Crippen LogP contribution in [0.5, 0.6) is 0 Å². The molecule has 8 nitrogen and oxygen atoms in total. The normalized spacial score (nSPS) is 13.9. The van der Waals surface area contributed by atoms with E-state index in [2.05, 4.69) is 92.1 Å². The van der Waals surface area contributed by atoms with Crippen LogP contribution in [0.15, 0.2) is 72.9 Å². The molecule has 1 amide bonds. The average Bonchev–Trinajstić information content (AvgIpc) is 3.70. The molecule has 0 saturated carbocycles. The van der Waals surface area contributed by atoms with E-state index in [4.69, 9.17) is 9.05 Å². The van der Waals surface area contributed by atoms with E-state index in [1.54, 1.807) is 0 Å². The number of carbonyl (C=O) groups excluding carboxylic acids is 1. The molecular formula is C79H149N2O6P. The molecule has 3 atom stereocenters. The molecule has 0 aromatic carbocycles. The van der Waals surface area contributed by atoms with Crippen molar-refractivity contribution in [2.75, 3.05) is 40.9 Å². The number of hydrogen-bond donors (Lipinski definition) is 2. The van der Waals surface area contributed by atoms with Gasteiger partial charge in [-0.25, -0.2) is 0 Å². The Kier molecular flexibility index (Phi) is 67.7. The molecule has 0 bridgehead atoms. The van der Waals surface area contributed by atoms with Gasteiger partial charge in [0.25, 0.3) is 7.82 Å². The smallest absolute Gasteiger partial charge is 0.268 e. The molecule has 516 valence electrons. The standard InChI is InChI=1S/C79H149N2O6P/c1-6-8-10-12-14-16-18-20-22-24-26-28-30-32-34-35-36-37-38-39-40-41-42-43-44-45-47-49-51-53-55-57-59-61-63-65-67-69-71-73-79(83)80-77(76-87-88(84,85)86-75-74-81(3,4)5)78(82)72-70-68-66-64-62-60-58-56-54-52-50-48-46-33-31-29-27-25-23-21-19-17-15-13-11-9-7-2/h8,10,14,16,20,22,26,28,32,34,36-37,77-78,82H,6-7,9,11-13,15,17-19,21,23-25,27,29-31,33,35,38-76H2,1-5H3,(H-,80,83,84,85)/b10-8-,16-14-,22-20-,28-26-,34-32-,37-36-. The molecule has 0 spiro atoms. The number of unbranched alkanes of at least 4 members (excludes halogenated alkanes) is 46. The number of carbonyl (C=O) groups is 1. The van der Waals surface area contributed by atoms with E-state index < -0.39 is 20.0 Å². The van der Waals surface area contributed by atoms with Crippen molar-refractivity contribution in [3.05, 3.63) is 72.9 Å². The second-order valence-electron chi connectivity index (χ2n) is 27.3. The van der Waals surface area contributed by atoms with Crippen molar-refractivity contribution in [2.45, 2.75) is 386 Å². The predicted molar refractivity (Wildman–Crippen MR) is 385 cm³/mol. The summed E-state index contributed by atoms with van der Waals surface area (Å²) in [5, 5.41) is 14.1. The Balaban J connectivity index is 3.95. The summed E-state index contributed by atoms with van der Waals surface area (Å²) in [6.45, 7) is 4.66. The van der Waals surface area contributed by atoms with Crippen molar-refractivity contribution < 1.29 is 32.9 Å². The lowest BCUT2D eigenvalue weighted by Crippen LogP contribution is -2.46. The number of phosphoric ester groups is 1. The van der Waals surface area contributed by atoms with Gasteiger partial charge in [0.2, 0.25) is 5.91 Å². The summed E-state index contributed by atoms with van der Waals surface area (Å²) >= 11 is 0. The van der Waals surface area contributed by atoms with E-state index in [9.17, 15) is 19.4 Å². The van der Waals surface area contributed by atoms with Crippen LogP contribution in [0, 0.1) is 0 Å². The molecule has 0 saturated heterocycles. The second kappa shape index (κ2) is 69.3. The van der Waals surface area contributed by atoms with Crippen molar-refractivity contribution in [3.8, 4) is 0 Å². The van der Waals surface area contributed by atoms with Crippen LogP contribution in [-0.4, -0.2) is 68.5 Å². The molecule has 0 aliphatic heterocycles. The van der Waals surface area contributed by atoms with Gasteiger partial charge in [-0.2, -0.15) is 0 Å². The molecule has 0 aromatic heterocycles. The van der Waals surface area contributed by atoms with Crippen LogP contribution in [0.1, 0.15) is 373 Å². The maximum Gasteiger partial charge on any atom is 0.268 e. The Bertz CT molecular complexity index is 1670. The van der Waals surface area contributed by atoms with E-state index in [-0.39, 0.29) is 19.1 Å². The number of amides is 1. The number of quaternary nitrogens is 1. The Hall–Kier alpha value is -2.06. The van der Waals surface area contributed by atoms with Gasteiger partial charge < -0.3 is 28.8 Å². The monoisotopic (exact) mass is 1250 g/mol. The third-order valence-corrected chi connectivity index (χ3v) is 18.4. The SMILES string of the molecule is CC/C=C\C/C=C\C/C=C\C/C=C\C/C=C\C/C=C\CCCCCCCCCCCCCCCCCCCCCCC(=O)NC(COP(=O)([O-])OCC[N+](C)(C)C)C(O)CCCCCCCCCCCCCCCCCCCCCCCCCCCCC. The van der Waals surface area contributed by atoms with E-state index in [0.717, 1.165) is 77.0 Å². The van der Waals surface area contributed by atoms with Crippen molar-refractivity contribution in [1.29, 1.82) is 0 Å². The molecule has 0 heterocycles. The minimum atomic E-state index is -4.58. The van der Waals surface area contributed by atoms with Crippen LogP contribution in [-0.2, 0) is 18.4 Å². The number of hydrogen-bond acceptors (Lipinski definition) is 6. The summed E-state index contributed by atoms with van der Waals surface area (Å²) in [5.74, 6) is -0.158. The van der Waals surface area contributed by atoms with Crippen molar-refractivity contribution in [3.63, 3.8) is 0 Å². The fourth-order valence-corrected chi connectivity index (χ4v) is 12.3. The Labute approximate surface area is 548 Å². The topological polar surface area (TPSA) is 108 Å². The van der Waals surface area contributed by atoms with E-state index in [0.29, 0.717) is 23.9 Å². The predicted octanol–water partition coefficient (Wildman–Crippen LogP) is 24.3. The van der Waals surface area contributed by atoms with Gasteiger partial charge in [-0.05, 0) is 64.2 Å². The highest BCUT2D eigenvalue weighted by atomic mass is 31.2. The molecule has 0 aromatic rings. The number of aliphatic hydroxyl groups is 1. The Morgan fingerprint density at radius 3 is 1.01 bits per heavy atom. The minimum Gasteiger partial charge on any atom is -0.756 e. The molecule has 0 aliphatic rings. The number of rotatable bonds is 71. The molecule has 0 fully saturated rings. The van der Waals surface area contributed by atoms with Crippen LogP contribution >= 0.6 is 7.82 Å². The number of allylic oxidation sites excluding steroid dienone is 12. The van der Waals surface area contributed by atoms with Gasteiger partial charge in [-0.3, -0.25) is 9.36 Å². The fourth-order valence-electron chi connectivity index (χ4n) is 11.6. The first kappa shape index (κ1) is 85.9. The average molecular weight is 1250 g/mol. The molecule has 0 radical (unpaired) electrons. The second-order valence-corrected chi connectivity index (χ2v) is 28.7. The summed E-state index contributed by atoms with van der Waals surface area (Å²) in [7, 11) is 1.32. The first-order valence-electron chi connectivity index (χ1n) is 38.3. The minimum absolute atomic E-state index is 0.0130. The molecule has 9 heteroatoms. The highest BCUT2D eigenvalue weighted by Crippen LogP contribution is 2.38. The van der Waals surface area contributed by atoms with Crippen molar-refractivity contribution in [2.24, 2.45) is 0 Å². The number of phosphoric acid groups is 1. The van der Waals surface area contributed by atoms with Crippen LogP contribution in [0.2, 0.25) is 0 Å². The van der Waals surface area contributed by atoms with Gasteiger partial charge in [0.15, 0.2) is 0 Å². The summed E-state index contributed by atoms with van der Waals surface area (Å²) in [6.07, 6.45) is 97.2. The third kappa shape index (κ3) is 71.4. The highest BCUT2D eigenvalue weighted by molar-refractivity contribution is 7.45. The van der Waals surface area contributed by atoms with Gasteiger partial charge >= 0.3 is 0 Å². The zero-order chi connectivity index (χ0) is 64.1. The van der Waals surface area contributed by atoms with Crippen LogP contribution in [0.25, 0.3) is 0 Å². The van der Waals surface area contributed by atoms with E-state index in [1.165, 1.54) is 270 Å². The summed E-state index contributed by atoms with van der Waals surface area (Å²) < 4.78 is 23.6. The number of aliphatic hydroxyl groups excluding tert-OH is 1. The highest BCUT2D eigenvalue weighted by Gasteiger charge is 2.24.